The van der Waals surface area contributed by atoms with E-state index in [1.54, 1.807) is 12.1 Å². The number of hydrogen-bond acceptors (Lipinski definition) is 5. The molecule has 0 unspecified atom stereocenters. The molecule has 7 nitrogen and oxygen atoms in total. The smallest absolute Gasteiger partial charge is 0.261 e. The fraction of sp³-hybridized carbons (Fsp3) is 0.200. The van der Waals surface area contributed by atoms with Crippen LogP contribution in [0.5, 0.6) is 0 Å². The minimum absolute atomic E-state index is 0.135. The second kappa shape index (κ2) is 7.03. The van der Waals surface area contributed by atoms with E-state index >= 15 is 0 Å². The number of aliphatic carboxylic acids is 1. The first kappa shape index (κ1) is 18.3. The predicted octanol–water partition coefficient (Wildman–Crippen LogP) is 1.29. The summed E-state index contributed by atoms with van der Waals surface area (Å²) >= 11 is 0. The van der Waals surface area contributed by atoms with Crippen molar-refractivity contribution in [3.63, 3.8) is 0 Å². The number of aryl methyl sites for hydroxylation is 2. The molecule has 0 bridgehead atoms. The van der Waals surface area contributed by atoms with Crippen LogP contribution in [0.4, 0.5) is 5.69 Å². The summed E-state index contributed by atoms with van der Waals surface area (Å²) in [6.45, 7) is 3.61. The molecule has 2 aromatic rings. The second-order valence-corrected chi connectivity index (χ2v) is 6.40. The number of carboxylic acid groups (broad SMARTS) is 1. The predicted molar refractivity (Wildman–Crippen MR) is 95.3 cm³/mol. The van der Waals surface area contributed by atoms with Crippen molar-refractivity contribution in [2.24, 2.45) is 0 Å². The lowest BCUT2D eigenvalue weighted by molar-refractivity contribution is -0.305. The Morgan fingerprint density at radius 2 is 1.67 bits per heavy atom. The maximum atomic E-state index is 12.4. The molecule has 0 radical (unpaired) electrons. The Balaban J connectivity index is 1.80. The van der Waals surface area contributed by atoms with Gasteiger partial charge >= 0.3 is 0 Å². The number of anilines is 1. The van der Waals surface area contributed by atoms with E-state index in [0.717, 1.165) is 16.0 Å². The zero-order valence-electron chi connectivity index (χ0n) is 14.9. The van der Waals surface area contributed by atoms with Gasteiger partial charge in [0, 0.05) is 30.2 Å². The molecule has 0 fully saturated rings. The van der Waals surface area contributed by atoms with E-state index in [2.05, 4.69) is 5.32 Å². The molecule has 1 aliphatic heterocycles. The van der Waals surface area contributed by atoms with Crippen LogP contribution in [0.2, 0.25) is 0 Å². The van der Waals surface area contributed by atoms with Gasteiger partial charge in [-0.3, -0.25) is 19.3 Å². The molecule has 1 heterocycles. The van der Waals surface area contributed by atoms with Crippen LogP contribution >= 0.6 is 0 Å². The Morgan fingerprint density at radius 1 is 0.963 bits per heavy atom. The van der Waals surface area contributed by atoms with Crippen LogP contribution in [0, 0.1) is 13.8 Å². The summed E-state index contributed by atoms with van der Waals surface area (Å²) < 4.78 is 0. The van der Waals surface area contributed by atoms with Crippen LogP contribution in [-0.4, -0.2) is 35.1 Å². The molecule has 0 atom stereocenters. The molecule has 0 saturated carbocycles. The van der Waals surface area contributed by atoms with E-state index in [1.807, 2.05) is 19.9 Å². The summed E-state index contributed by atoms with van der Waals surface area (Å²) in [7, 11) is 0. The third-order valence-electron chi connectivity index (χ3n) is 4.54. The Bertz CT molecular complexity index is 980. The third kappa shape index (κ3) is 3.57. The highest BCUT2D eigenvalue weighted by Gasteiger charge is 2.35. The number of benzene rings is 2. The molecule has 0 aliphatic carbocycles. The normalized spacial score (nSPS) is 12.9. The molecule has 0 saturated heterocycles. The third-order valence-corrected chi connectivity index (χ3v) is 4.54. The number of rotatable bonds is 5. The van der Waals surface area contributed by atoms with E-state index in [9.17, 15) is 24.3 Å². The zero-order valence-corrected chi connectivity index (χ0v) is 14.9. The Morgan fingerprint density at radius 3 is 2.33 bits per heavy atom. The van der Waals surface area contributed by atoms with E-state index in [4.69, 9.17) is 0 Å². The molecule has 0 aromatic heterocycles. The van der Waals surface area contributed by atoms with E-state index in [-0.39, 0.29) is 23.6 Å². The van der Waals surface area contributed by atoms with Gasteiger partial charge in [0.1, 0.15) is 0 Å². The van der Waals surface area contributed by atoms with Crippen molar-refractivity contribution in [2.75, 3.05) is 11.9 Å². The van der Waals surface area contributed by atoms with Gasteiger partial charge in [-0.05, 0) is 55.3 Å². The minimum Gasteiger partial charge on any atom is -0.550 e. The standard InChI is InChI=1S/C20H18N2O5/c1-11-3-4-13(9-12(11)2)18(25)21-14-5-6-15-16(10-14)20(27)22(19(15)26)8-7-17(23)24/h3-6,9-10H,7-8H2,1-2H3,(H,21,25)(H,23,24)/p-1. The number of hydrogen-bond donors (Lipinski definition) is 1. The number of carbonyl (C=O) groups is 4. The SMILES string of the molecule is Cc1ccc(C(=O)Nc2ccc3c(c2)C(=O)N(CCC(=O)[O-])C3=O)cc1C. The van der Waals surface area contributed by atoms with Gasteiger partial charge in [-0.25, -0.2) is 0 Å². The number of imide groups is 1. The molecule has 1 N–H and O–H groups in total. The summed E-state index contributed by atoms with van der Waals surface area (Å²) in [6, 6.07) is 9.74. The lowest BCUT2D eigenvalue weighted by atomic mass is 10.1. The van der Waals surface area contributed by atoms with Crippen LogP contribution in [0.25, 0.3) is 0 Å². The van der Waals surface area contributed by atoms with Crippen molar-refractivity contribution in [2.45, 2.75) is 20.3 Å². The topological polar surface area (TPSA) is 107 Å². The Kier molecular flexibility index (Phi) is 4.77. The lowest BCUT2D eigenvalue weighted by Crippen LogP contribution is -2.34. The summed E-state index contributed by atoms with van der Waals surface area (Å²) in [4.78, 5) is 48.5. The van der Waals surface area contributed by atoms with Crippen LogP contribution in [0.3, 0.4) is 0 Å². The number of nitrogens with one attached hydrogen (secondary N) is 1. The van der Waals surface area contributed by atoms with E-state index in [1.165, 1.54) is 18.2 Å². The summed E-state index contributed by atoms with van der Waals surface area (Å²) in [5.41, 5.74) is 3.24. The average Bonchev–Trinajstić information content (AvgIpc) is 2.86. The molecule has 7 heteroatoms. The van der Waals surface area contributed by atoms with Crippen molar-refractivity contribution in [1.82, 2.24) is 4.90 Å². The van der Waals surface area contributed by atoms with Crippen molar-refractivity contribution < 1.29 is 24.3 Å². The first-order valence-corrected chi connectivity index (χ1v) is 8.36. The molecule has 3 amide bonds. The number of carbonyl (C=O) groups excluding carboxylic acids is 4. The fourth-order valence-corrected chi connectivity index (χ4v) is 2.86. The monoisotopic (exact) mass is 365 g/mol. The largest absolute Gasteiger partial charge is 0.550 e. The van der Waals surface area contributed by atoms with Crippen LogP contribution in [-0.2, 0) is 4.79 Å². The highest BCUT2D eigenvalue weighted by atomic mass is 16.4. The molecule has 3 rings (SSSR count). The van der Waals surface area contributed by atoms with Crippen molar-refractivity contribution >= 4 is 29.4 Å². The first-order chi connectivity index (χ1) is 12.8. The highest BCUT2D eigenvalue weighted by Crippen LogP contribution is 2.26. The number of nitrogens with zero attached hydrogens (tertiary/aromatic N) is 1. The molecule has 27 heavy (non-hydrogen) atoms. The molecule has 2 aromatic carbocycles. The van der Waals surface area contributed by atoms with Gasteiger partial charge in [0.2, 0.25) is 0 Å². The molecule has 0 spiro atoms. The minimum atomic E-state index is -1.34. The Hall–Kier alpha value is -3.48. The maximum absolute atomic E-state index is 12.4. The van der Waals surface area contributed by atoms with E-state index in [0.29, 0.717) is 11.3 Å². The van der Waals surface area contributed by atoms with Crippen molar-refractivity contribution in [3.05, 3.63) is 64.2 Å². The fourth-order valence-electron chi connectivity index (χ4n) is 2.86. The van der Waals surface area contributed by atoms with E-state index < -0.39 is 24.2 Å². The van der Waals surface area contributed by atoms with Crippen molar-refractivity contribution in [1.29, 1.82) is 0 Å². The number of amides is 3. The van der Waals surface area contributed by atoms with Gasteiger partial charge in [-0.1, -0.05) is 6.07 Å². The van der Waals surface area contributed by atoms with Gasteiger partial charge in [0.15, 0.2) is 0 Å². The highest BCUT2D eigenvalue weighted by molar-refractivity contribution is 6.22. The summed E-state index contributed by atoms with van der Waals surface area (Å²) in [5, 5.41) is 13.3. The molecular weight excluding hydrogens is 348 g/mol. The second-order valence-electron chi connectivity index (χ2n) is 6.40. The summed E-state index contributed by atoms with van der Waals surface area (Å²) in [6.07, 6.45) is -0.429. The van der Waals surface area contributed by atoms with Gasteiger partial charge in [-0.15, -0.1) is 0 Å². The van der Waals surface area contributed by atoms with Crippen LogP contribution in [0.15, 0.2) is 36.4 Å². The average molecular weight is 365 g/mol. The molecule has 1 aliphatic rings. The van der Waals surface area contributed by atoms with Gasteiger partial charge in [0.05, 0.1) is 11.1 Å². The summed E-state index contributed by atoms with van der Waals surface area (Å²) in [5.74, 6) is -2.81. The number of carboxylic acids is 1. The van der Waals surface area contributed by atoms with Gasteiger partial charge in [0.25, 0.3) is 17.7 Å². The Labute approximate surface area is 155 Å². The van der Waals surface area contributed by atoms with Crippen molar-refractivity contribution in [3.8, 4) is 0 Å². The maximum Gasteiger partial charge on any atom is 0.261 e. The van der Waals surface area contributed by atoms with Crippen LogP contribution < -0.4 is 10.4 Å². The molecular formula is C20H17N2O5-. The van der Waals surface area contributed by atoms with Crippen LogP contribution in [0.1, 0.15) is 48.6 Å². The number of fused-ring (bicyclic) bond motifs is 1. The molecule has 138 valence electrons. The van der Waals surface area contributed by atoms with Gasteiger partial charge in [-0.2, -0.15) is 0 Å². The first-order valence-electron chi connectivity index (χ1n) is 8.36. The lowest BCUT2D eigenvalue weighted by Gasteiger charge is -2.13. The quantitative estimate of drug-likeness (QED) is 0.804. The zero-order chi connectivity index (χ0) is 19.7. The van der Waals surface area contributed by atoms with Gasteiger partial charge < -0.3 is 15.2 Å².